The summed E-state index contributed by atoms with van der Waals surface area (Å²) in [6, 6.07) is 2.18. The summed E-state index contributed by atoms with van der Waals surface area (Å²) in [7, 11) is 3.73. The van der Waals surface area contributed by atoms with Gasteiger partial charge in [-0.3, -0.25) is 4.68 Å². The summed E-state index contributed by atoms with van der Waals surface area (Å²) in [6.07, 6.45) is 7.31. The second-order valence-corrected chi connectivity index (χ2v) is 4.89. The van der Waals surface area contributed by atoms with Crippen molar-refractivity contribution in [2.45, 2.75) is 43.7 Å². The molecular weight excluding hydrogens is 202 g/mol. The van der Waals surface area contributed by atoms with E-state index < -0.39 is 0 Å². The van der Waals surface area contributed by atoms with Crippen molar-refractivity contribution in [3.8, 4) is 0 Å². The van der Waals surface area contributed by atoms with Gasteiger partial charge in [-0.05, 0) is 31.7 Å². The van der Waals surface area contributed by atoms with E-state index in [2.05, 4.69) is 5.10 Å². The minimum Gasteiger partial charge on any atom is -0.378 e. The van der Waals surface area contributed by atoms with E-state index in [0.717, 1.165) is 31.4 Å². The molecule has 4 heteroatoms. The van der Waals surface area contributed by atoms with Gasteiger partial charge in [0, 0.05) is 32.8 Å². The molecular formula is C12H21N3O. The highest BCUT2D eigenvalue weighted by molar-refractivity contribution is 5.03. The zero-order valence-electron chi connectivity index (χ0n) is 10.1. The molecule has 1 aliphatic carbocycles. The van der Waals surface area contributed by atoms with Crippen molar-refractivity contribution in [2.75, 3.05) is 7.11 Å². The summed E-state index contributed by atoms with van der Waals surface area (Å²) >= 11 is 0. The Labute approximate surface area is 96.8 Å². The predicted octanol–water partition coefficient (Wildman–Crippen LogP) is 1.25. The molecule has 1 aromatic heterocycles. The Morgan fingerprint density at radius 1 is 1.62 bits per heavy atom. The lowest BCUT2D eigenvalue weighted by atomic mass is 9.75. The van der Waals surface area contributed by atoms with E-state index in [4.69, 9.17) is 10.5 Å². The Balaban J connectivity index is 1.86. The number of methoxy groups -OCH3 is 1. The number of nitrogens with zero attached hydrogens (tertiary/aromatic N) is 2. The highest BCUT2D eigenvalue weighted by Crippen LogP contribution is 2.38. The van der Waals surface area contributed by atoms with Crippen molar-refractivity contribution < 1.29 is 4.74 Å². The van der Waals surface area contributed by atoms with Crippen molar-refractivity contribution >= 4 is 0 Å². The number of rotatable bonds is 5. The predicted molar refractivity (Wildman–Crippen MR) is 63.1 cm³/mol. The van der Waals surface area contributed by atoms with Gasteiger partial charge in [-0.2, -0.15) is 5.10 Å². The molecule has 1 fully saturated rings. The Bertz CT molecular complexity index is 338. The molecule has 1 heterocycles. The normalized spacial score (nSPS) is 20.4. The van der Waals surface area contributed by atoms with E-state index in [-0.39, 0.29) is 11.6 Å². The monoisotopic (exact) mass is 223 g/mol. The summed E-state index contributed by atoms with van der Waals surface area (Å²) in [4.78, 5) is 0. The van der Waals surface area contributed by atoms with Gasteiger partial charge < -0.3 is 10.5 Å². The molecule has 1 unspecified atom stereocenters. The maximum atomic E-state index is 6.16. The SMILES string of the molecule is COC1(CC(N)Cc2ccn(C)n2)CCC1. The van der Waals surface area contributed by atoms with Crippen LogP contribution in [0.5, 0.6) is 0 Å². The molecule has 0 spiro atoms. The molecule has 90 valence electrons. The van der Waals surface area contributed by atoms with Crippen LogP contribution in [0.1, 0.15) is 31.4 Å². The van der Waals surface area contributed by atoms with E-state index in [9.17, 15) is 0 Å². The summed E-state index contributed by atoms with van der Waals surface area (Å²) < 4.78 is 7.40. The lowest BCUT2D eigenvalue weighted by Gasteiger charge is -2.42. The number of ether oxygens (including phenoxy) is 1. The van der Waals surface area contributed by atoms with E-state index >= 15 is 0 Å². The van der Waals surface area contributed by atoms with Gasteiger partial charge in [-0.1, -0.05) is 0 Å². The summed E-state index contributed by atoms with van der Waals surface area (Å²) in [5, 5.41) is 4.35. The first-order valence-electron chi connectivity index (χ1n) is 5.93. The molecule has 4 nitrogen and oxygen atoms in total. The molecule has 0 radical (unpaired) electrons. The fourth-order valence-electron chi connectivity index (χ4n) is 2.45. The summed E-state index contributed by atoms with van der Waals surface area (Å²) in [5.74, 6) is 0. The molecule has 16 heavy (non-hydrogen) atoms. The number of nitrogens with two attached hydrogens (primary N) is 1. The highest BCUT2D eigenvalue weighted by Gasteiger charge is 2.38. The van der Waals surface area contributed by atoms with Gasteiger partial charge in [0.15, 0.2) is 0 Å². The van der Waals surface area contributed by atoms with Gasteiger partial charge >= 0.3 is 0 Å². The maximum absolute atomic E-state index is 6.16. The first-order valence-corrected chi connectivity index (χ1v) is 5.93. The van der Waals surface area contributed by atoms with E-state index in [0.29, 0.717) is 0 Å². The van der Waals surface area contributed by atoms with Gasteiger partial charge in [0.1, 0.15) is 0 Å². The topological polar surface area (TPSA) is 53.1 Å². The minimum absolute atomic E-state index is 0.0637. The lowest BCUT2D eigenvalue weighted by molar-refractivity contribution is -0.0813. The third-order valence-corrected chi connectivity index (χ3v) is 3.57. The third-order valence-electron chi connectivity index (χ3n) is 3.57. The lowest BCUT2D eigenvalue weighted by Crippen LogP contribution is -2.45. The first-order chi connectivity index (χ1) is 7.63. The van der Waals surface area contributed by atoms with Crippen molar-refractivity contribution in [1.82, 2.24) is 9.78 Å². The van der Waals surface area contributed by atoms with Crippen LogP contribution < -0.4 is 5.73 Å². The summed E-state index contributed by atoms with van der Waals surface area (Å²) in [5.41, 5.74) is 7.29. The molecule has 0 aliphatic heterocycles. The van der Waals surface area contributed by atoms with Crippen LogP contribution in [0.2, 0.25) is 0 Å². The van der Waals surface area contributed by atoms with Crippen molar-refractivity contribution in [3.05, 3.63) is 18.0 Å². The highest BCUT2D eigenvalue weighted by atomic mass is 16.5. The molecule has 0 aromatic carbocycles. The van der Waals surface area contributed by atoms with Crippen LogP contribution in [0.25, 0.3) is 0 Å². The quantitative estimate of drug-likeness (QED) is 0.817. The molecule has 2 rings (SSSR count). The third kappa shape index (κ3) is 2.44. The molecule has 0 bridgehead atoms. The van der Waals surface area contributed by atoms with E-state index in [1.54, 1.807) is 7.11 Å². The van der Waals surface area contributed by atoms with Gasteiger partial charge in [0.05, 0.1) is 11.3 Å². The Hall–Kier alpha value is -0.870. The van der Waals surface area contributed by atoms with E-state index in [1.807, 2.05) is 24.0 Å². The first kappa shape index (κ1) is 11.6. The number of hydrogen-bond donors (Lipinski definition) is 1. The van der Waals surface area contributed by atoms with Crippen LogP contribution in [0.4, 0.5) is 0 Å². The van der Waals surface area contributed by atoms with Gasteiger partial charge in [-0.15, -0.1) is 0 Å². The molecule has 1 saturated carbocycles. The van der Waals surface area contributed by atoms with Crippen molar-refractivity contribution in [1.29, 1.82) is 0 Å². The molecule has 0 amide bonds. The van der Waals surface area contributed by atoms with Crippen LogP contribution in [-0.4, -0.2) is 28.5 Å². The molecule has 1 atom stereocenters. The Kier molecular flexibility index (Phi) is 3.30. The smallest absolute Gasteiger partial charge is 0.0693 e. The van der Waals surface area contributed by atoms with Crippen molar-refractivity contribution in [3.63, 3.8) is 0 Å². The zero-order valence-corrected chi connectivity index (χ0v) is 10.1. The maximum Gasteiger partial charge on any atom is 0.0693 e. The van der Waals surface area contributed by atoms with Gasteiger partial charge in [0.25, 0.3) is 0 Å². The standard InChI is InChI=1S/C12H21N3O/c1-15-7-4-11(14-15)8-10(13)9-12(16-2)5-3-6-12/h4,7,10H,3,5-6,8-9,13H2,1-2H3. The van der Waals surface area contributed by atoms with Crippen LogP contribution in [0, 0.1) is 0 Å². The van der Waals surface area contributed by atoms with Crippen LogP contribution in [0.3, 0.4) is 0 Å². The largest absolute Gasteiger partial charge is 0.378 e. The van der Waals surface area contributed by atoms with Gasteiger partial charge in [0.2, 0.25) is 0 Å². The fraction of sp³-hybridized carbons (Fsp3) is 0.750. The average molecular weight is 223 g/mol. The van der Waals surface area contributed by atoms with Crippen LogP contribution in [0.15, 0.2) is 12.3 Å². The average Bonchev–Trinajstić information content (AvgIpc) is 2.57. The number of aromatic nitrogens is 2. The molecule has 0 saturated heterocycles. The van der Waals surface area contributed by atoms with Crippen LogP contribution in [-0.2, 0) is 18.2 Å². The minimum atomic E-state index is 0.0637. The Morgan fingerprint density at radius 3 is 2.81 bits per heavy atom. The molecule has 1 aromatic rings. The summed E-state index contributed by atoms with van der Waals surface area (Å²) in [6.45, 7) is 0. The molecule has 1 aliphatic rings. The number of hydrogen-bond acceptors (Lipinski definition) is 3. The Morgan fingerprint density at radius 2 is 2.38 bits per heavy atom. The van der Waals surface area contributed by atoms with E-state index in [1.165, 1.54) is 6.42 Å². The zero-order chi connectivity index (χ0) is 11.6. The second kappa shape index (κ2) is 4.55. The van der Waals surface area contributed by atoms with Crippen LogP contribution >= 0.6 is 0 Å². The fourth-order valence-corrected chi connectivity index (χ4v) is 2.45. The molecule has 2 N–H and O–H groups in total. The number of aryl methyl sites for hydroxylation is 1. The van der Waals surface area contributed by atoms with Crippen molar-refractivity contribution in [2.24, 2.45) is 12.8 Å². The second-order valence-electron chi connectivity index (χ2n) is 4.89. The van der Waals surface area contributed by atoms with Gasteiger partial charge in [-0.25, -0.2) is 0 Å².